The number of hydrogen-bond acceptors (Lipinski definition) is 2. The quantitative estimate of drug-likeness (QED) is 0.802. The summed E-state index contributed by atoms with van der Waals surface area (Å²) in [5.74, 6) is 1.21. The first kappa shape index (κ1) is 14.3. The van der Waals surface area contributed by atoms with Crippen LogP contribution in [-0.4, -0.2) is 11.5 Å². The molecule has 0 amide bonds. The third-order valence-electron chi connectivity index (χ3n) is 3.00. The molecule has 94 valence electrons. The van der Waals surface area contributed by atoms with Gasteiger partial charge in [-0.3, -0.25) is 0 Å². The highest BCUT2D eigenvalue weighted by molar-refractivity contribution is 7.80. The van der Waals surface area contributed by atoms with Crippen LogP contribution in [0.25, 0.3) is 0 Å². The summed E-state index contributed by atoms with van der Waals surface area (Å²) >= 11 is 11.0. The molecule has 1 unspecified atom stereocenters. The number of rotatable bonds is 5. The first-order valence-electron chi connectivity index (χ1n) is 5.75. The normalized spacial score (nSPS) is 12.5. The van der Waals surface area contributed by atoms with Crippen LogP contribution in [0.1, 0.15) is 26.3 Å². The van der Waals surface area contributed by atoms with Gasteiger partial charge in [0, 0.05) is 22.8 Å². The van der Waals surface area contributed by atoms with E-state index in [0.29, 0.717) is 21.8 Å². The smallest absolute Gasteiger partial charge is 0.106 e. The summed E-state index contributed by atoms with van der Waals surface area (Å²) in [5.41, 5.74) is 7.44. The summed E-state index contributed by atoms with van der Waals surface area (Å²) in [6.07, 6.45) is 0. The molecule has 0 aromatic heterocycles. The van der Waals surface area contributed by atoms with Gasteiger partial charge in [0.15, 0.2) is 0 Å². The molecule has 0 spiro atoms. The lowest BCUT2D eigenvalue weighted by atomic mass is 9.98. The van der Waals surface area contributed by atoms with E-state index in [2.05, 4.69) is 26.1 Å². The summed E-state index contributed by atoms with van der Waals surface area (Å²) < 4.78 is 0. The molecular formula is C13H19ClN2S. The lowest BCUT2D eigenvalue weighted by Gasteiger charge is -2.18. The van der Waals surface area contributed by atoms with Crippen molar-refractivity contribution in [3.05, 3.63) is 28.8 Å². The molecule has 0 bridgehead atoms. The molecule has 0 aliphatic heterocycles. The zero-order valence-electron chi connectivity index (χ0n) is 10.5. The topological polar surface area (TPSA) is 38.0 Å². The molecule has 0 saturated heterocycles. The van der Waals surface area contributed by atoms with Gasteiger partial charge in [-0.2, -0.15) is 0 Å². The number of nitrogens with two attached hydrogens (primary N) is 1. The van der Waals surface area contributed by atoms with Gasteiger partial charge < -0.3 is 11.1 Å². The van der Waals surface area contributed by atoms with E-state index in [9.17, 15) is 0 Å². The maximum atomic E-state index is 5.98. The van der Waals surface area contributed by atoms with Crippen molar-refractivity contribution < 1.29 is 0 Å². The number of hydrogen-bond donors (Lipinski definition) is 2. The molecule has 0 radical (unpaired) electrons. The van der Waals surface area contributed by atoms with E-state index in [1.54, 1.807) is 6.07 Å². The fourth-order valence-corrected chi connectivity index (χ4v) is 1.73. The van der Waals surface area contributed by atoms with Gasteiger partial charge in [-0.1, -0.05) is 44.6 Å². The van der Waals surface area contributed by atoms with Gasteiger partial charge in [0.25, 0.3) is 0 Å². The van der Waals surface area contributed by atoms with Gasteiger partial charge in [0.1, 0.15) is 4.99 Å². The Labute approximate surface area is 114 Å². The summed E-state index contributed by atoms with van der Waals surface area (Å²) in [6, 6.07) is 5.52. The summed E-state index contributed by atoms with van der Waals surface area (Å²) in [4.78, 5) is 0.390. The molecule has 0 heterocycles. The summed E-state index contributed by atoms with van der Waals surface area (Å²) in [7, 11) is 0. The molecule has 2 nitrogen and oxygen atoms in total. The number of halogens is 1. The average Bonchev–Trinajstić information content (AvgIpc) is 2.25. The van der Waals surface area contributed by atoms with Crippen LogP contribution >= 0.6 is 23.8 Å². The first-order valence-corrected chi connectivity index (χ1v) is 6.53. The molecule has 0 aliphatic carbocycles. The Bertz CT molecular complexity index is 404. The Balaban J connectivity index is 2.82. The van der Waals surface area contributed by atoms with Crippen molar-refractivity contribution in [1.82, 2.24) is 0 Å². The van der Waals surface area contributed by atoms with E-state index in [0.717, 1.165) is 17.8 Å². The van der Waals surface area contributed by atoms with Crippen LogP contribution in [-0.2, 0) is 0 Å². The third kappa shape index (κ3) is 4.17. The molecule has 3 N–H and O–H groups in total. The van der Waals surface area contributed by atoms with Crippen molar-refractivity contribution >= 4 is 34.5 Å². The van der Waals surface area contributed by atoms with Crippen LogP contribution in [0.2, 0.25) is 5.02 Å². The molecule has 1 aromatic carbocycles. The zero-order chi connectivity index (χ0) is 13.0. The second-order valence-corrected chi connectivity index (χ2v) is 5.53. The SMILES string of the molecule is CC(C)C(C)CNc1cc(Cl)ccc1C(N)=S. The van der Waals surface area contributed by atoms with Crippen LogP contribution in [0.3, 0.4) is 0 Å². The number of benzene rings is 1. The molecular weight excluding hydrogens is 252 g/mol. The molecule has 1 rings (SSSR count). The molecule has 1 aromatic rings. The van der Waals surface area contributed by atoms with Crippen molar-refractivity contribution in [1.29, 1.82) is 0 Å². The van der Waals surface area contributed by atoms with Crippen LogP contribution in [0, 0.1) is 11.8 Å². The fraction of sp³-hybridized carbons (Fsp3) is 0.462. The highest BCUT2D eigenvalue weighted by atomic mass is 35.5. The fourth-order valence-electron chi connectivity index (χ4n) is 1.38. The van der Waals surface area contributed by atoms with E-state index in [4.69, 9.17) is 29.6 Å². The largest absolute Gasteiger partial charge is 0.389 e. The maximum absolute atomic E-state index is 5.98. The number of thiocarbonyl (C=S) groups is 1. The molecule has 1 atom stereocenters. The molecule has 0 fully saturated rings. The minimum absolute atomic E-state index is 0.390. The Morgan fingerprint density at radius 3 is 2.59 bits per heavy atom. The van der Waals surface area contributed by atoms with Crippen molar-refractivity contribution in [2.45, 2.75) is 20.8 Å². The van der Waals surface area contributed by atoms with Gasteiger partial charge in [-0.25, -0.2) is 0 Å². The van der Waals surface area contributed by atoms with E-state index >= 15 is 0 Å². The average molecular weight is 271 g/mol. The van der Waals surface area contributed by atoms with Crippen LogP contribution in [0.15, 0.2) is 18.2 Å². The van der Waals surface area contributed by atoms with Crippen LogP contribution in [0.4, 0.5) is 5.69 Å². The Morgan fingerprint density at radius 1 is 1.41 bits per heavy atom. The zero-order valence-corrected chi connectivity index (χ0v) is 12.0. The maximum Gasteiger partial charge on any atom is 0.106 e. The van der Waals surface area contributed by atoms with E-state index in [1.165, 1.54) is 0 Å². The second-order valence-electron chi connectivity index (χ2n) is 4.66. The minimum Gasteiger partial charge on any atom is -0.389 e. The van der Waals surface area contributed by atoms with Crippen molar-refractivity contribution in [2.75, 3.05) is 11.9 Å². The molecule has 17 heavy (non-hydrogen) atoms. The Kier molecular flexibility index (Phi) is 5.22. The van der Waals surface area contributed by atoms with Crippen molar-refractivity contribution in [3.8, 4) is 0 Å². The van der Waals surface area contributed by atoms with Crippen LogP contribution in [0.5, 0.6) is 0 Å². The van der Waals surface area contributed by atoms with Gasteiger partial charge in [-0.15, -0.1) is 0 Å². The Morgan fingerprint density at radius 2 is 2.06 bits per heavy atom. The van der Waals surface area contributed by atoms with Crippen molar-refractivity contribution in [3.63, 3.8) is 0 Å². The summed E-state index contributed by atoms with van der Waals surface area (Å²) in [6.45, 7) is 7.51. The number of nitrogens with one attached hydrogen (secondary N) is 1. The second kappa shape index (κ2) is 6.22. The highest BCUT2D eigenvalue weighted by Gasteiger charge is 2.10. The standard InChI is InChI=1S/C13H19ClN2S/c1-8(2)9(3)7-16-12-6-10(14)4-5-11(12)13(15)17/h4-6,8-9,16H,7H2,1-3H3,(H2,15,17). The third-order valence-corrected chi connectivity index (χ3v) is 3.45. The lowest BCUT2D eigenvalue weighted by molar-refractivity contribution is 0.440. The highest BCUT2D eigenvalue weighted by Crippen LogP contribution is 2.22. The predicted octanol–water partition coefficient (Wildman–Crippen LogP) is 3.68. The van der Waals surface area contributed by atoms with Gasteiger partial charge in [0.05, 0.1) is 0 Å². The minimum atomic E-state index is 0.390. The van der Waals surface area contributed by atoms with Crippen molar-refractivity contribution in [2.24, 2.45) is 17.6 Å². The molecule has 0 aliphatic rings. The van der Waals surface area contributed by atoms with E-state index in [-0.39, 0.29) is 0 Å². The predicted molar refractivity (Wildman–Crippen MR) is 79.8 cm³/mol. The molecule has 0 saturated carbocycles. The number of anilines is 1. The van der Waals surface area contributed by atoms with Gasteiger partial charge >= 0.3 is 0 Å². The van der Waals surface area contributed by atoms with Gasteiger partial charge in [-0.05, 0) is 30.0 Å². The van der Waals surface area contributed by atoms with Crippen LogP contribution < -0.4 is 11.1 Å². The monoisotopic (exact) mass is 270 g/mol. The summed E-state index contributed by atoms with van der Waals surface area (Å²) in [5, 5.41) is 4.05. The first-order chi connectivity index (χ1) is 7.91. The van der Waals surface area contributed by atoms with Gasteiger partial charge in [0.2, 0.25) is 0 Å². The van der Waals surface area contributed by atoms with E-state index < -0.39 is 0 Å². The molecule has 4 heteroatoms. The Hall–Kier alpha value is -0.800. The lowest BCUT2D eigenvalue weighted by Crippen LogP contribution is -2.19. The van der Waals surface area contributed by atoms with E-state index in [1.807, 2.05) is 12.1 Å².